The van der Waals surface area contributed by atoms with Gasteiger partial charge in [0.15, 0.2) is 5.82 Å². The van der Waals surface area contributed by atoms with Crippen molar-refractivity contribution in [1.82, 2.24) is 24.3 Å². The van der Waals surface area contributed by atoms with Crippen molar-refractivity contribution >= 4 is 0 Å². The summed E-state index contributed by atoms with van der Waals surface area (Å²) in [6, 6.07) is 0.251. The molecule has 0 unspecified atom stereocenters. The van der Waals surface area contributed by atoms with Gasteiger partial charge in [0, 0.05) is 38.0 Å². The Hall–Kier alpha value is -2.06. The number of methoxy groups -OCH3 is 1. The van der Waals surface area contributed by atoms with Crippen LogP contribution in [0.5, 0.6) is 0 Å². The zero-order valence-electron chi connectivity index (χ0n) is 14.2. The lowest BCUT2D eigenvalue weighted by Crippen LogP contribution is -2.36. The van der Waals surface area contributed by atoms with E-state index in [9.17, 15) is 4.79 Å². The molecule has 1 saturated carbocycles. The van der Waals surface area contributed by atoms with Crippen molar-refractivity contribution in [3.05, 3.63) is 40.1 Å². The minimum absolute atomic E-state index is 0.0755. The highest BCUT2D eigenvalue weighted by atomic mass is 16.5. The summed E-state index contributed by atoms with van der Waals surface area (Å²) in [6.07, 6.45) is 5.82. The molecular weight excluding hydrogens is 308 g/mol. The molecule has 2 aromatic rings. The summed E-state index contributed by atoms with van der Waals surface area (Å²) in [6.45, 7) is 3.54. The lowest BCUT2D eigenvalue weighted by atomic mass is 9.80. The van der Waals surface area contributed by atoms with E-state index < -0.39 is 0 Å². The lowest BCUT2D eigenvalue weighted by molar-refractivity contribution is 0.183. The van der Waals surface area contributed by atoms with Gasteiger partial charge in [-0.15, -0.1) is 10.2 Å². The number of nitrogens with two attached hydrogens (primary N) is 1. The molecule has 0 saturated heterocycles. The maximum atomic E-state index is 12.4. The van der Waals surface area contributed by atoms with Gasteiger partial charge in [0.05, 0.1) is 13.2 Å². The van der Waals surface area contributed by atoms with Crippen LogP contribution in [0.25, 0.3) is 0 Å². The van der Waals surface area contributed by atoms with E-state index in [0.717, 1.165) is 24.5 Å². The fourth-order valence-corrected chi connectivity index (χ4v) is 3.08. The van der Waals surface area contributed by atoms with Gasteiger partial charge in [-0.3, -0.25) is 9.78 Å². The summed E-state index contributed by atoms with van der Waals surface area (Å²) < 4.78 is 8.91. The van der Waals surface area contributed by atoms with Gasteiger partial charge in [-0.25, -0.2) is 0 Å². The number of rotatable bonds is 7. The molecular formula is C16H24N6O2. The molecule has 2 aromatic heterocycles. The molecule has 0 amide bonds. The average molecular weight is 332 g/mol. The maximum absolute atomic E-state index is 12.4. The summed E-state index contributed by atoms with van der Waals surface area (Å²) in [4.78, 5) is 16.5. The number of hydrogen-bond acceptors (Lipinski definition) is 6. The second-order valence-electron chi connectivity index (χ2n) is 6.21. The van der Waals surface area contributed by atoms with Gasteiger partial charge in [0.25, 0.3) is 5.56 Å². The third-order valence-electron chi connectivity index (χ3n) is 4.55. The highest BCUT2D eigenvalue weighted by Crippen LogP contribution is 2.34. The van der Waals surface area contributed by atoms with E-state index in [1.54, 1.807) is 24.1 Å². The van der Waals surface area contributed by atoms with Crippen molar-refractivity contribution in [2.75, 3.05) is 13.7 Å². The van der Waals surface area contributed by atoms with Crippen LogP contribution in [0, 0.1) is 0 Å². The molecule has 0 aliphatic heterocycles. The van der Waals surface area contributed by atoms with Crippen LogP contribution < -0.4 is 11.3 Å². The molecule has 24 heavy (non-hydrogen) atoms. The van der Waals surface area contributed by atoms with Crippen LogP contribution in [-0.2, 0) is 24.2 Å². The lowest BCUT2D eigenvalue weighted by Gasteiger charge is -2.31. The van der Waals surface area contributed by atoms with Gasteiger partial charge >= 0.3 is 0 Å². The number of aromatic nitrogens is 5. The molecule has 1 aliphatic rings. The summed E-state index contributed by atoms with van der Waals surface area (Å²) in [5.41, 5.74) is 6.39. The second-order valence-corrected chi connectivity index (χ2v) is 6.21. The zero-order valence-corrected chi connectivity index (χ0v) is 14.2. The summed E-state index contributed by atoms with van der Waals surface area (Å²) in [7, 11) is 1.67. The topological polar surface area (TPSA) is 101 Å². The number of aryl methyl sites for hydroxylation is 1. The van der Waals surface area contributed by atoms with Crippen molar-refractivity contribution < 1.29 is 4.74 Å². The average Bonchev–Trinajstić information content (AvgIpc) is 2.94. The van der Waals surface area contributed by atoms with E-state index in [-0.39, 0.29) is 11.6 Å². The van der Waals surface area contributed by atoms with E-state index in [2.05, 4.69) is 19.7 Å². The Bertz CT molecular complexity index is 747. The molecule has 8 heteroatoms. The third-order valence-corrected chi connectivity index (χ3v) is 4.55. The van der Waals surface area contributed by atoms with Crippen LogP contribution >= 0.6 is 0 Å². The molecule has 1 fully saturated rings. The fourth-order valence-electron chi connectivity index (χ4n) is 3.08. The summed E-state index contributed by atoms with van der Waals surface area (Å²) in [5.74, 6) is 2.05. The van der Waals surface area contributed by atoms with Crippen LogP contribution in [0.3, 0.4) is 0 Å². The largest absolute Gasteiger partial charge is 0.383 e. The Morgan fingerprint density at radius 3 is 2.83 bits per heavy atom. The molecule has 8 nitrogen and oxygen atoms in total. The monoisotopic (exact) mass is 332 g/mol. The zero-order chi connectivity index (χ0) is 17.1. The van der Waals surface area contributed by atoms with E-state index in [1.165, 1.54) is 0 Å². The van der Waals surface area contributed by atoms with Gasteiger partial charge in [-0.2, -0.15) is 0 Å². The van der Waals surface area contributed by atoms with Crippen LogP contribution in [0.4, 0.5) is 0 Å². The van der Waals surface area contributed by atoms with Crippen molar-refractivity contribution in [2.24, 2.45) is 5.73 Å². The van der Waals surface area contributed by atoms with Crippen molar-refractivity contribution in [2.45, 2.75) is 51.2 Å². The standard InChI is InChI=1S/C16H24N6O2/c1-3-13-16(23)21(5-4-18-13)10-14-19-20-15(11-8-12(17)9-11)22(14)6-7-24-2/h4-5,11-12H,3,6-10,17H2,1-2H3. The molecule has 130 valence electrons. The van der Waals surface area contributed by atoms with E-state index in [0.29, 0.717) is 37.7 Å². The third kappa shape index (κ3) is 3.25. The first kappa shape index (κ1) is 16.8. The first-order chi connectivity index (χ1) is 11.6. The van der Waals surface area contributed by atoms with Crippen LogP contribution in [0.1, 0.15) is 43.0 Å². The fraction of sp³-hybridized carbons (Fsp3) is 0.625. The quantitative estimate of drug-likeness (QED) is 0.782. The molecule has 2 N–H and O–H groups in total. The Morgan fingerprint density at radius 2 is 2.17 bits per heavy atom. The summed E-state index contributed by atoms with van der Waals surface area (Å²) in [5, 5.41) is 8.69. The van der Waals surface area contributed by atoms with Crippen molar-refractivity contribution in [3.8, 4) is 0 Å². The maximum Gasteiger partial charge on any atom is 0.272 e. The molecule has 1 aliphatic carbocycles. The van der Waals surface area contributed by atoms with E-state index in [4.69, 9.17) is 10.5 Å². The molecule has 0 aromatic carbocycles. The first-order valence-corrected chi connectivity index (χ1v) is 8.34. The Morgan fingerprint density at radius 1 is 1.38 bits per heavy atom. The molecule has 2 heterocycles. The minimum Gasteiger partial charge on any atom is -0.383 e. The van der Waals surface area contributed by atoms with Gasteiger partial charge in [0.1, 0.15) is 11.5 Å². The predicted molar refractivity (Wildman–Crippen MR) is 88.8 cm³/mol. The van der Waals surface area contributed by atoms with Gasteiger partial charge in [-0.1, -0.05) is 6.92 Å². The van der Waals surface area contributed by atoms with Crippen molar-refractivity contribution in [3.63, 3.8) is 0 Å². The van der Waals surface area contributed by atoms with E-state index in [1.807, 2.05) is 6.92 Å². The van der Waals surface area contributed by atoms with Gasteiger partial charge < -0.3 is 19.6 Å². The smallest absolute Gasteiger partial charge is 0.272 e. The summed E-state index contributed by atoms with van der Waals surface area (Å²) >= 11 is 0. The molecule has 0 spiro atoms. The van der Waals surface area contributed by atoms with Crippen LogP contribution in [0.15, 0.2) is 17.2 Å². The minimum atomic E-state index is -0.0755. The van der Waals surface area contributed by atoms with Crippen molar-refractivity contribution in [1.29, 1.82) is 0 Å². The number of hydrogen-bond donors (Lipinski definition) is 1. The highest BCUT2D eigenvalue weighted by Gasteiger charge is 2.32. The number of ether oxygens (including phenoxy) is 1. The second kappa shape index (κ2) is 7.23. The SMILES string of the molecule is CCc1nccn(Cc2nnc(C3CC(N)C3)n2CCOC)c1=O. The normalized spacial score (nSPS) is 20.1. The van der Waals surface area contributed by atoms with Crippen LogP contribution in [0.2, 0.25) is 0 Å². The molecule has 0 radical (unpaired) electrons. The highest BCUT2D eigenvalue weighted by molar-refractivity contribution is 5.09. The molecule has 0 atom stereocenters. The Kier molecular flexibility index (Phi) is 5.06. The Balaban J connectivity index is 1.88. The first-order valence-electron chi connectivity index (χ1n) is 8.34. The molecule has 0 bridgehead atoms. The predicted octanol–water partition coefficient (Wildman–Crippen LogP) is 0.297. The van der Waals surface area contributed by atoms with Crippen LogP contribution in [-0.4, -0.2) is 44.1 Å². The van der Waals surface area contributed by atoms with Gasteiger partial charge in [-0.05, 0) is 19.3 Å². The van der Waals surface area contributed by atoms with E-state index >= 15 is 0 Å². The van der Waals surface area contributed by atoms with Gasteiger partial charge in [0.2, 0.25) is 0 Å². The Labute approximate surface area is 140 Å². The molecule has 3 rings (SSSR count). The number of nitrogens with zero attached hydrogens (tertiary/aromatic N) is 5.